The molecule has 1 fully saturated rings. The molecule has 1 aliphatic heterocycles. The lowest BCUT2D eigenvalue weighted by Gasteiger charge is -2.36. The minimum absolute atomic E-state index is 0. The van der Waals surface area contributed by atoms with Crippen LogP contribution in [0.4, 0.5) is 4.79 Å². The summed E-state index contributed by atoms with van der Waals surface area (Å²) in [5.74, 6) is 2.30. The van der Waals surface area contributed by atoms with E-state index in [4.69, 9.17) is 19.9 Å². The highest BCUT2D eigenvalue weighted by Gasteiger charge is 2.26. The minimum Gasteiger partial charge on any atom is -0.493 e. The molecule has 176 valence electrons. The Balaban J connectivity index is 0.00000480. The van der Waals surface area contributed by atoms with Crippen molar-refractivity contribution >= 4 is 36.0 Å². The molecule has 1 aromatic carbocycles. The van der Waals surface area contributed by atoms with E-state index in [1.54, 1.807) is 19.1 Å². The fourth-order valence-electron chi connectivity index (χ4n) is 3.27. The summed E-state index contributed by atoms with van der Waals surface area (Å²) < 4.78 is 16.1. The molecular weight excluding hydrogens is 511 g/mol. The molecule has 1 unspecified atom stereocenters. The van der Waals surface area contributed by atoms with Crippen LogP contribution < -0.4 is 15.2 Å². The monoisotopic (exact) mass is 548 g/mol. The summed E-state index contributed by atoms with van der Waals surface area (Å²) in [4.78, 5) is 20.5. The zero-order valence-electron chi connectivity index (χ0n) is 19.5. The van der Waals surface area contributed by atoms with Crippen LogP contribution in [-0.2, 0) is 11.2 Å². The Hall–Kier alpha value is -1.91. The number of aliphatic imine (C=N–C) groups is 1. The lowest BCUT2D eigenvalue weighted by atomic mass is 10.0. The summed E-state index contributed by atoms with van der Waals surface area (Å²) in [7, 11) is 3.27. The molecule has 1 aromatic rings. The number of amides is 1. The Kier molecular flexibility index (Phi) is 10.7. The number of benzene rings is 1. The number of guanidine groups is 1. The average molecular weight is 548 g/mol. The van der Waals surface area contributed by atoms with Gasteiger partial charge < -0.3 is 29.7 Å². The zero-order valence-corrected chi connectivity index (χ0v) is 21.8. The van der Waals surface area contributed by atoms with Crippen LogP contribution >= 0.6 is 24.0 Å². The molecule has 0 bridgehead atoms. The van der Waals surface area contributed by atoms with E-state index in [1.807, 2.05) is 43.9 Å². The molecule has 1 amide bonds. The number of hydrogen-bond acceptors (Lipinski definition) is 5. The molecule has 0 spiro atoms. The van der Waals surface area contributed by atoms with Crippen LogP contribution in [0.25, 0.3) is 0 Å². The van der Waals surface area contributed by atoms with Gasteiger partial charge in [-0.3, -0.25) is 4.99 Å². The Morgan fingerprint density at radius 3 is 2.23 bits per heavy atom. The van der Waals surface area contributed by atoms with E-state index in [9.17, 15) is 4.79 Å². The third-order valence-corrected chi connectivity index (χ3v) is 4.85. The third-order valence-electron chi connectivity index (χ3n) is 4.85. The summed E-state index contributed by atoms with van der Waals surface area (Å²) >= 11 is 0. The Labute approximate surface area is 203 Å². The van der Waals surface area contributed by atoms with Gasteiger partial charge in [-0.05, 0) is 50.8 Å². The molecular formula is C22H37IN4O4. The maximum absolute atomic E-state index is 12.2. The van der Waals surface area contributed by atoms with Gasteiger partial charge in [0.2, 0.25) is 0 Å². The standard InChI is InChI=1S/C22H36N4O4.HI/c1-16(13-17-7-8-18(28-5)19(14-17)29-6)15-24-20(23)25-9-11-26(12-10-25)21(27)30-22(2,3)4;/h7-8,14,16H,9-13,15H2,1-6H3,(H2,23,24);1H. The Morgan fingerprint density at radius 2 is 1.68 bits per heavy atom. The number of carbonyl (C=O) groups excluding carboxylic acids is 1. The van der Waals surface area contributed by atoms with E-state index in [1.165, 1.54) is 5.56 Å². The molecule has 1 atom stereocenters. The van der Waals surface area contributed by atoms with Crippen molar-refractivity contribution in [1.82, 2.24) is 9.80 Å². The highest BCUT2D eigenvalue weighted by molar-refractivity contribution is 14.0. The van der Waals surface area contributed by atoms with Gasteiger partial charge in [-0.15, -0.1) is 24.0 Å². The Bertz CT molecular complexity index is 744. The second-order valence-electron chi connectivity index (χ2n) is 8.65. The number of rotatable bonds is 6. The smallest absolute Gasteiger partial charge is 0.410 e. The summed E-state index contributed by atoms with van der Waals surface area (Å²) in [5.41, 5.74) is 6.88. The highest BCUT2D eigenvalue weighted by Crippen LogP contribution is 2.28. The molecule has 0 aliphatic carbocycles. The number of methoxy groups -OCH3 is 2. The van der Waals surface area contributed by atoms with Crippen molar-refractivity contribution in [1.29, 1.82) is 0 Å². The van der Waals surface area contributed by atoms with Gasteiger partial charge in [-0.25, -0.2) is 4.79 Å². The number of hydrogen-bond donors (Lipinski definition) is 1. The van der Waals surface area contributed by atoms with Gasteiger partial charge in [-0.2, -0.15) is 0 Å². The first-order valence-corrected chi connectivity index (χ1v) is 10.4. The van der Waals surface area contributed by atoms with E-state index >= 15 is 0 Å². The van der Waals surface area contributed by atoms with Crippen molar-refractivity contribution in [2.24, 2.45) is 16.6 Å². The first kappa shape index (κ1) is 27.1. The van der Waals surface area contributed by atoms with Gasteiger partial charge >= 0.3 is 6.09 Å². The van der Waals surface area contributed by atoms with Crippen molar-refractivity contribution < 1.29 is 19.0 Å². The lowest BCUT2D eigenvalue weighted by Crippen LogP contribution is -2.53. The van der Waals surface area contributed by atoms with E-state index in [-0.39, 0.29) is 30.1 Å². The van der Waals surface area contributed by atoms with Crippen LogP contribution in [-0.4, -0.2) is 74.4 Å². The second kappa shape index (κ2) is 12.2. The molecule has 2 rings (SSSR count). The molecule has 0 aromatic heterocycles. The molecule has 8 nitrogen and oxygen atoms in total. The topological polar surface area (TPSA) is 89.6 Å². The van der Waals surface area contributed by atoms with E-state index in [0.29, 0.717) is 44.6 Å². The van der Waals surface area contributed by atoms with Gasteiger partial charge in [0, 0.05) is 32.7 Å². The molecule has 31 heavy (non-hydrogen) atoms. The molecule has 9 heteroatoms. The summed E-state index contributed by atoms with van der Waals surface area (Å²) in [6.07, 6.45) is 0.588. The summed E-state index contributed by atoms with van der Waals surface area (Å²) in [6.45, 7) is 10.8. The maximum Gasteiger partial charge on any atom is 0.410 e. The van der Waals surface area contributed by atoms with Gasteiger partial charge in [0.05, 0.1) is 14.2 Å². The van der Waals surface area contributed by atoms with Crippen molar-refractivity contribution in [3.8, 4) is 11.5 Å². The first-order chi connectivity index (χ1) is 14.1. The number of nitrogens with two attached hydrogens (primary N) is 1. The predicted octanol–water partition coefficient (Wildman–Crippen LogP) is 3.37. The number of ether oxygens (including phenoxy) is 3. The molecule has 0 radical (unpaired) electrons. The molecule has 2 N–H and O–H groups in total. The average Bonchev–Trinajstić information content (AvgIpc) is 2.70. The molecule has 1 saturated heterocycles. The van der Waals surface area contributed by atoms with Gasteiger partial charge in [-0.1, -0.05) is 13.0 Å². The van der Waals surface area contributed by atoms with Crippen molar-refractivity contribution in [2.75, 3.05) is 46.9 Å². The van der Waals surface area contributed by atoms with Crippen molar-refractivity contribution in [3.63, 3.8) is 0 Å². The number of halogens is 1. The highest BCUT2D eigenvalue weighted by atomic mass is 127. The fourth-order valence-corrected chi connectivity index (χ4v) is 3.27. The van der Waals surface area contributed by atoms with Crippen LogP contribution in [0.1, 0.15) is 33.3 Å². The number of nitrogens with zero attached hydrogens (tertiary/aromatic N) is 3. The molecule has 0 saturated carbocycles. The fraction of sp³-hybridized carbons (Fsp3) is 0.636. The lowest BCUT2D eigenvalue weighted by molar-refractivity contribution is 0.0186. The molecule has 1 heterocycles. The van der Waals surface area contributed by atoms with E-state index < -0.39 is 5.60 Å². The van der Waals surface area contributed by atoms with Crippen LogP contribution in [0.5, 0.6) is 11.5 Å². The van der Waals surface area contributed by atoms with E-state index in [0.717, 1.165) is 17.9 Å². The van der Waals surface area contributed by atoms with Crippen LogP contribution in [0.15, 0.2) is 23.2 Å². The number of carbonyl (C=O) groups is 1. The normalized spacial score (nSPS) is 15.7. The van der Waals surface area contributed by atoms with Crippen LogP contribution in [0, 0.1) is 5.92 Å². The summed E-state index contributed by atoms with van der Waals surface area (Å²) in [5, 5.41) is 0. The van der Waals surface area contributed by atoms with E-state index in [2.05, 4.69) is 11.9 Å². The SMILES string of the molecule is COc1ccc(CC(C)CN=C(N)N2CCN(C(=O)OC(C)(C)C)CC2)cc1OC.I. The van der Waals surface area contributed by atoms with Crippen LogP contribution in [0.2, 0.25) is 0 Å². The predicted molar refractivity (Wildman–Crippen MR) is 134 cm³/mol. The van der Waals surface area contributed by atoms with Gasteiger partial charge in [0.25, 0.3) is 0 Å². The van der Waals surface area contributed by atoms with Gasteiger partial charge in [0.15, 0.2) is 17.5 Å². The van der Waals surface area contributed by atoms with Crippen LogP contribution in [0.3, 0.4) is 0 Å². The van der Waals surface area contributed by atoms with Crippen molar-refractivity contribution in [2.45, 2.75) is 39.7 Å². The third kappa shape index (κ3) is 8.62. The largest absolute Gasteiger partial charge is 0.493 e. The first-order valence-electron chi connectivity index (χ1n) is 10.4. The minimum atomic E-state index is -0.487. The molecule has 1 aliphatic rings. The number of piperazine rings is 1. The summed E-state index contributed by atoms with van der Waals surface area (Å²) in [6, 6.07) is 5.96. The maximum atomic E-state index is 12.2. The second-order valence-corrected chi connectivity index (χ2v) is 8.65. The zero-order chi connectivity index (χ0) is 22.3. The quantitative estimate of drug-likeness (QED) is 0.333. The Morgan fingerprint density at radius 1 is 1.10 bits per heavy atom. The van der Waals surface area contributed by atoms with Gasteiger partial charge in [0.1, 0.15) is 5.60 Å². The van der Waals surface area contributed by atoms with Crippen molar-refractivity contribution in [3.05, 3.63) is 23.8 Å².